The molecular formula is C20H20N8O4S. The number of fused-ring (bicyclic) bond motifs is 1. The first-order chi connectivity index (χ1) is 15.6. The molecule has 1 aromatic heterocycles. The van der Waals surface area contributed by atoms with Gasteiger partial charge in [0, 0.05) is 19.8 Å². The maximum Gasteiger partial charge on any atom is 0.421 e. The quantitative estimate of drug-likeness (QED) is 0.251. The number of hydrogen-bond donors (Lipinski definition) is 2. The molecule has 0 spiro atoms. The average molecular weight is 468 g/mol. The highest BCUT2D eigenvalue weighted by Crippen LogP contribution is 2.17. The molecule has 4 rings (SSSR count). The number of benzene rings is 1. The Morgan fingerprint density at radius 2 is 1.82 bits per heavy atom. The number of aromatic nitrogens is 2. The van der Waals surface area contributed by atoms with Gasteiger partial charge in [0.1, 0.15) is 0 Å². The van der Waals surface area contributed by atoms with Crippen molar-refractivity contribution >= 4 is 42.2 Å². The highest BCUT2D eigenvalue weighted by Gasteiger charge is 2.53. The third kappa shape index (κ3) is 3.58. The van der Waals surface area contributed by atoms with Gasteiger partial charge in [-0.2, -0.15) is 5.43 Å². The van der Waals surface area contributed by atoms with Crippen LogP contribution in [0.5, 0.6) is 5.88 Å². The first-order valence-electron chi connectivity index (χ1n) is 9.78. The fourth-order valence-corrected chi connectivity index (χ4v) is 3.79. The first-order valence-corrected chi connectivity index (χ1v) is 10.2. The second-order valence-electron chi connectivity index (χ2n) is 7.56. The lowest BCUT2D eigenvalue weighted by Crippen LogP contribution is -2.63. The topological polar surface area (TPSA) is 143 Å². The molecule has 2 aliphatic heterocycles. The number of imide groups is 1. The van der Waals surface area contributed by atoms with E-state index in [4.69, 9.17) is 12.2 Å². The van der Waals surface area contributed by atoms with Gasteiger partial charge in [-0.25, -0.2) is 19.3 Å². The van der Waals surface area contributed by atoms with Crippen molar-refractivity contribution < 1.29 is 14.7 Å². The highest BCUT2D eigenvalue weighted by atomic mass is 32.1. The Labute approximate surface area is 192 Å². The van der Waals surface area contributed by atoms with Crippen molar-refractivity contribution in [3.63, 3.8) is 0 Å². The van der Waals surface area contributed by atoms with Crippen LogP contribution in [-0.4, -0.2) is 81.4 Å². The van der Waals surface area contributed by atoms with E-state index in [2.05, 4.69) is 20.2 Å². The number of urea groups is 1. The number of carbonyl (C=O) groups excluding carboxylic acids is 2. The number of nitrogens with zero attached hydrogens (tertiary/aromatic N) is 6. The summed E-state index contributed by atoms with van der Waals surface area (Å²) in [6.45, 7) is 1.91. The predicted octanol–water partition coefficient (Wildman–Crippen LogP) is -1.14. The molecule has 0 saturated carbocycles. The molecule has 33 heavy (non-hydrogen) atoms. The SMILES string of the molecule is Cc1ccc(-n2c([O-])c(/C=N/NC3=[N+]=C4C(C(=O)N(C)C(=O)N4C)N3C)c(=O)[nH]c2=S)cc1. The zero-order chi connectivity index (χ0) is 24.0. The summed E-state index contributed by atoms with van der Waals surface area (Å²) in [6, 6.07) is 5.79. The number of hydrogen-bond acceptors (Lipinski definition) is 8. The number of amides is 3. The summed E-state index contributed by atoms with van der Waals surface area (Å²) < 4.78 is 5.45. The van der Waals surface area contributed by atoms with Crippen LogP contribution in [0.2, 0.25) is 0 Å². The van der Waals surface area contributed by atoms with Gasteiger partial charge in [-0.3, -0.25) is 19.5 Å². The third-order valence-corrected chi connectivity index (χ3v) is 5.71. The van der Waals surface area contributed by atoms with Crippen LogP contribution in [0.15, 0.2) is 34.2 Å². The number of amidine groups is 1. The van der Waals surface area contributed by atoms with Gasteiger partial charge in [0.25, 0.3) is 11.5 Å². The Hall–Kier alpha value is -4.22. The van der Waals surface area contributed by atoms with E-state index < -0.39 is 29.4 Å². The molecule has 12 nitrogen and oxygen atoms in total. The Bertz CT molecular complexity index is 1380. The lowest BCUT2D eigenvalue weighted by atomic mass is 10.1. The van der Waals surface area contributed by atoms with Crippen molar-refractivity contribution in [2.45, 2.75) is 13.0 Å². The Morgan fingerprint density at radius 3 is 2.48 bits per heavy atom. The van der Waals surface area contributed by atoms with E-state index in [1.54, 1.807) is 19.2 Å². The number of H-pyrrole nitrogens is 1. The summed E-state index contributed by atoms with van der Waals surface area (Å²) in [6.07, 6.45) is 1.06. The summed E-state index contributed by atoms with van der Waals surface area (Å²) >= 11 is 5.17. The van der Waals surface area contributed by atoms with Crippen molar-refractivity contribution in [2.75, 3.05) is 21.1 Å². The monoisotopic (exact) mass is 468 g/mol. The summed E-state index contributed by atoms with van der Waals surface area (Å²) in [5.74, 6) is -0.647. The van der Waals surface area contributed by atoms with Crippen LogP contribution in [-0.2, 0) is 4.79 Å². The minimum absolute atomic E-state index is 0.0327. The number of guanidine groups is 1. The summed E-state index contributed by atoms with van der Waals surface area (Å²) in [4.78, 5) is 43.3. The van der Waals surface area contributed by atoms with Crippen molar-refractivity contribution in [2.24, 2.45) is 5.10 Å². The predicted molar refractivity (Wildman–Crippen MR) is 122 cm³/mol. The van der Waals surface area contributed by atoms with E-state index in [1.165, 1.54) is 28.5 Å². The van der Waals surface area contributed by atoms with Crippen molar-refractivity contribution in [1.82, 2.24) is 34.3 Å². The average Bonchev–Trinajstić information content (AvgIpc) is 3.10. The Kier molecular flexibility index (Phi) is 5.36. The van der Waals surface area contributed by atoms with Crippen molar-refractivity contribution in [1.29, 1.82) is 0 Å². The molecule has 0 bridgehead atoms. The summed E-state index contributed by atoms with van der Waals surface area (Å²) in [5.41, 5.74) is 3.21. The zero-order valence-corrected chi connectivity index (χ0v) is 19.0. The van der Waals surface area contributed by atoms with Crippen molar-refractivity contribution in [3.05, 3.63) is 50.5 Å². The molecule has 1 unspecified atom stereocenters. The molecule has 1 saturated heterocycles. The maximum atomic E-state index is 13.0. The minimum atomic E-state index is -0.794. The molecule has 170 valence electrons. The van der Waals surface area contributed by atoms with Gasteiger partial charge in [0.05, 0.1) is 18.8 Å². The Morgan fingerprint density at radius 1 is 1.15 bits per heavy atom. The molecule has 2 aliphatic rings. The molecule has 2 aromatic rings. The van der Waals surface area contributed by atoms with E-state index in [0.717, 1.165) is 16.7 Å². The minimum Gasteiger partial charge on any atom is -0.859 e. The normalized spacial score (nSPS) is 18.1. The molecule has 3 amide bonds. The van der Waals surface area contributed by atoms with E-state index in [1.807, 2.05) is 19.1 Å². The van der Waals surface area contributed by atoms with Gasteiger partial charge in [-0.15, -0.1) is 5.10 Å². The van der Waals surface area contributed by atoms with Gasteiger partial charge >= 0.3 is 17.8 Å². The number of aryl methyl sites for hydroxylation is 1. The van der Waals surface area contributed by atoms with Gasteiger partial charge < -0.3 is 9.67 Å². The summed E-state index contributed by atoms with van der Waals surface area (Å²) in [5, 5.41) is 16.9. The fraction of sp³-hybridized carbons (Fsp3) is 0.250. The molecule has 0 radical (unpaired) electrons. The largest absolute Gasteiger partial charge is 0.859 e. The smallest absolute Gasteiger partial charge is 0.421 e. The van der Waals surface area contributed by atoms with E-state index in [9.17, 15) is 19.5 Å². The van der Waals surface area contributed by atoms with Gasteiger partial charge in [-0.1, -0.05) is 17.7 Å². The Balaban J connectivity index is 1.65. The van der Waals surface area contributed by atoms with Gasteiger partial charge in [0.15, 0.2) is 4.77 Å². The number of rotatable bonds is 3. The second-order valence-corrected chi connectivity index (χ2v) is 7.95. The standard InChI is InChI=1S/C20H20N8O4S/c1-10-5-7-11(8-6-10)28-16(30)12(15(29)23-19(28)33)9-21-24-18-22-14-13(25(18)2)17(31)27(4)20(32)26(14)3/h5-9,13H,1-4H3,(H2,21,23,29,30,33). The van der Waals surface area contributed by atoms with E-state index in [0.29, 0.717) is 5.69 Å². The number of nitrogens with one attached hydrogen (secondary N) is 2. The van der Waals surface area contributed by atoms with Crippen LogP contribution in [0.1, 0.15) is 11.1 Å². The molecule has 1 aromatic carbocycles. The molecule has 1 atom stereocenters. The van der Waals surface area contributed by atoms with Crippen LogP contribution in [0.25, 0.3) is 5.69 Å². The number of likely N-dealkylation sites (N-methyl/N-ethyl adjacent to an activating group) is 3. The van der Waals surface area contributed by atoms with E-state index in [-0.39, 0.29) is 22.1 Å². The zero-order valence-electron chi connectivity index (χ0n) is 18.2. The second kappa shape index (κ2) is 8.04. The van der Waals surface area contributed by atoms with Gasteiger partial charge in [0.2, 0.25) is 6.04 Å². The van der Waals surface area contributed by atoms with Crippen LogP contribution in [0.3, 0.4) is 0 Å². The van der Waals surface area contributed by atoms with Crippen LogP contribution >= 0.6 is 12.2 Å². The molecule has 1 fully saturated rings. The highest BCUT2D eigenvalue weighted by molar-refractivity contribution is 7.71. The fourth-order valence-electron chi connectivity index (χ4n) is 3.51. The van der Waals surface area contributed by atoms with Gasteiger partial charge in [-0.05, 0) is 37.2 Å². The molecule has 13 heteroatoms. The molecular weight excluding hydrogens is 448 g/mol. The maximum absolute atomic E-state index is 13.0. The molecule has 0 aliphatic carbocycles. The van der Waals surface area contributed by atoms with Crippen molar-refractivity contribution in [3.8, 4) is 11.6 Å². The number of hydrazone groups is 1. The number of carbonyl (C=O) groups is 2. The lowest BCUT2D eigenvalue weighted by molar-refractivity contribution is -0.278. The van der Waals surface area contributed by atoms with Crippen LogP contribution in [0.4, 0.5) is 4.79 Å². The lowest BCUT2D eigenvalue weighted by Gasteiger charge is -2.30. The molecule has 3 heterocycles. The number of aromatic amines is 1. The van der Waals surface area contributed by atoms with Crippen LogP contribution in [0, 0.1) is 11.7 Å². The third-order valence-electron chi connectivity index (χ3n) is 5.42. The van der Waals surface area contributed by atoms with Crippen LogP contribution < -0.4 is 20.8 Å². The first kappa shape index (κ1) is 22.0. The van der Waals surface area contributed by atoms with E-state index >= 15 is 0 Å². The summed E-state index contributed by atoms with van der Waals surface area (Å²) in [7, 11) is 4.52. The molecule has 2 N–H and O–H groups in total.